The molecule has 2 aliphatic rings. The van der Waals surface area contributed by atoms with E-state index in [0.717, 1.165) is 60.5 Å². The van der Waals surface area contributed by atoms with Gasteiger partial charge in [-0.3, -0.25) is 9.69 Å². The molecule has 1 aromatic heterocycles. The highest BCUT2D eigenvalue weighted by Gasteiger charge is 2.29. The summed E-state index contributed by atoms with van der Waals surface area (Å²) in [5.41, 5.74) is 2.48. The Morgan fingerprint density at radius 3 is 2.71 bits per heavy atom. The van der Waals surface area contributed by atoms with E-state index in [0.29, 0.717) is 6.42 Å². The number of nitrogens with one attached hydrogen (secondary N) is 1. The summed E-state index contributed by atoms with van der Waals surface area (Å²) in [6.45, 7) is 8.04. The van der Waals surface area contributed by atoms with Gasteiger partial charge in [0.15, 0.2) is 0 Å². The highest BCUT2D eigenvalue weighted by atomic mass is 32.1. The summed E-state index contributed by atoms with van der Waals surface area (Å²) in [6, 6.07) is 10.3. The molecule has 0 amide bonds. The van der Waals surface area contributed by atoms with Gasteiger partial charge in [0.25, 0.3) is 0 Å². The third-order valence-electron chi connectivity index (χ3n) is 5.59. The van der Waals surface area contributed by atoms with Crippen molar-refractivity contribution in [1.82, 2.24) is 9.80 Å². The number of carboxylic acids is 1. The molecule has 0 aliphatic carbocycles. The standard InChI is InChI=1S/C21H26N4O2S/c1-21(2,20(26)27)8-9-24-10-12-25(13-11-24)18-15-7-14-28-19(15)23-17-6-4-3-5-16(17)22-18/h3-7,14,23H,8-13H2,1-2H3,(H,26,27). The minimum atomic E-state index is -0.727. The molecule has 0 unspecified atom stereocenters. The lowest BCUT2D eigenvalue weighted by molar-refractivity contribution is -0.147. The third kappa shape index (κ3) is 3.77. The summed E-state index contributed by atoms with van der Waals surface area (Å²) in [4.78, 5) is 21.0. The van der Waals surface area contributed by atoms with Crippen LogP contribution in [0.3, 0.4) is 0 Å². The summed E-state index contributed by atoms with van der Waals surface area (Å²) >= 11 is 1.70. The first-order valence-electron chi connectivity index (χ1n) is 9.67. The number of anilines is 2. The topological polar surface area (TPSA) is 68.2 Å². The fraction of sp³-hybridized carbons (Fsp3) is 0.429. The van der Waals surface area contributed by atoms with E-state index in [2.05, 4.69) is 32.6 Å². The molecule has 0 bridgehead atoms. The maximum Gasteiger partial charge on any atom is 0.309 e. The predicted octanol–water partition coefficient (Wildman–Crippen LogP) is 4.00. The second-order valence-corrected chi connectivity index (χ2v) is 8.92. The van der Waals surface area contributed by atoms with Crippen molar-refractivity contribution in [2.75, 3.05) is 38.0 Å². The number of carboxylic acid groups (broad SMARTS) is 1. The number of amidine groups is 1. The summed E-state index contributed by atoms with van der Waals surface area (Å²) in [7, 11) is 0. The molecule has 2 aromatic rings. The number of hydrogen-bond acceptors (Lipinski definition) is 6. The van der Waals surface area contributed by atoms with Gasteiger partial charge in [-0.05, 0) is 50.4 Å². The third-order valence-corrected chi connectivity index (χ3v) is 6.42. The molecule has 0 spiro atoms. The Hall–Kier alpha value is -2.38. The average Bonchev–Trinajstić information content (AvgIpc) is 3.08. The van der Waals surface area contributed by atoms with Gasteiger partial charge in [-0.15, -0.1) is 11.3 Å². The van der Waals surface area contributed by atoms with Gasteiger partial charge in [0, 0.05) is 26.2 Å². The highest BCUT2D eigenvalue weighted by molar-refractivity contribution is 7.14. The molecule has 7 heteroatoms. The van der Waals surface area contributed by atoms with Crippen LogP contribution in [0.25, 0.3) is 0 Å². The quantitative estimate of drug-likeness (QED) is 0.815. The zero-order chi connectivity index (χ0) is 19.7. The largest absolute Gasteiger partial charge is 0.481 e. The van der Waals surface area contributed by atoms with Crippen molar-refractivity contribution in [2.24, 2.45) is 10.4 Å². The molecule has 0 saturated carbocycles. The van der Waals surface area contributed by atoms with E-state index in [-0.39, 0.29) is 0 Å². The number of fused-ring (bicyclic) bond motifs is 2. The van der Waals surface area contributed by atoms with Gasteiger partial charge >= 0.3 is 5.97 Å². The van der Waals surface area contributed by atoms with E-state index < -0.39 is 11.4 Å². The van der Waals surface area contributed by atoms with Crippen LogP contribution in [0.4, 0.5) is 16.4 Å². The summed E-state index contributed by atoms with van der Waals surface area (Å²) in [6.07, 6.45) is 0.662. The number of para-hydroxylation sites is 2. The van der Waals surface area contributed by atoms with Gasteiger partial charge in [-0.2, -0.15) is 0 Å². The van der Waals surface area contributed by atoms with Gasteiger partial charge in [-0.25, -0.2) is 4.99 Å². The average molecular weight is 399 g/mol. The van der Waals surface area contributed by atoms with Crippen LogP contribution < -0.4 is 5.32 Å². The zero-order valence-corrected chi connectivity index (χ0v) is 17.1. The number of nitrogens with zero attached hydrogens (tertiary/aromatic N) is 3. The minimum absolute atomic E-state index is 0.662. The SMILES string of the molecule is CC(C)(CCN1CCN(C2=Nc3ccccc3Nc3sccc32)CC1)C(=O)O. The van der Waals surface area contributed by atoms with Crippen LogP contribution in [0.2, 0.25) is 0 Å². The van der Waals surface area contributed by atoms with Crippen molar-refractivity contribution in [2.45, 2.75) is 20.3 Å². The molecule has 1 fully saturated rings. The van der Waals surface area contributed by atoms with Crippen molar-refractivity contribution in [3.05, 3.63) is 41.3 Å². The number of carbonyl (C=O) groups is 1. The summed E-state index contributed by atoms with van der Waals surface area (Å²) in [5.74, 6) is 0.300. The van der Waals surface area contributed by atoms with Crippen molar-refractivity contribution < 1.29 is 9.90 Å². The molecular weight excluding hydrogens is 372 g/mol. The molecule has 0 atom stereocenters. The van der Waals surface area contributed by atoms with E-state index >= 15 is 0 Å². The molecule has 4 rings (SSSR count). The first kappa shape index (κ1) is 19.0. The summed E-state index contributed by atoms with van der Waals surface area (Å²) in [5, 5.41) is 16.1. The van der Waals surface area contributed by atoms with Crippen LogP contribution in [-0.4, -0.2) is 59.4 Å². The molecular formula is C21H26N4O2S. The van der Waals surface area contributed by atoms with Gasteiger partial charge in [0.1, 0.15) is 10.8 Å². The lowest BCUT2D eigenvalue weighted by atomic mass is 9.89. The Morgan fingerprint density at radius 1 is 1.21 bits per heavy atom. The molecule has 3 heterocycles. The number of hydrogen-bond donors (Lipinski definition) is 2. The van der Waals surface area contributed by atoms with Crippen LogP contribution in [0.15, 0.2) is 40.7 Å². The van der Waals surface area contributed by atoms with Crippen LogP contribution in [0.1, 0.15) is 25.8 Å². The van der Waals surface area contributed by atoms with E-state index in [4.69, 9.17) is 4.99 Å². The van der Waals surface area contributed by atoms with Gasteiger partial charge in [-0.1, -0.05) is 12.1 Å². The highest BCUT2D eigenvalue weighted by Crippen LogP contribution is 2.37. The normalized spacial score (nSPS) is 17.2. The van der Waals surface area contributed by atoms with Gasteiger partial charge < -0.3 is 15.3 Å². The van der Waals surface area contributed by atoms with Crippen LogP contribution >= 0.6 is 11.3 Å². The number of benzene rings is 1. The monoisotopic (exact) mass is 398 g/mol. The maximum atomic E-state index is 11.3. The fourth-order valence-corrected chi connectivity index (χ4v) is 4.32. The Bertz CT molecular complexity index is 897. The molecule has 2 aliphatic heterocycles. The molecule has 1 aromatic carbocycles. The number of rotatable bonds is 4. The first-order valence-corrected chi connectivity index (χ1v) is 10.6. The second kappa shape index (κ2) is 7.56. The number of thiophene rings is 1. The smallest absolute Gasteiger partial charge is 0.309 e. The van der Waals surface area contributed by atoms with Crippen molar-refractivity contribution >= 4 is 39.5 Å². The number of aliphatic carboxylic acids is 1. The van der Waals surface area contributed by atoms with Crippen LogP contribution in [-0.2, 0) is 4.79 Å². The molecule has 2 N–H and O–H groups in total. The predicted molar refractivity (Wildman–Crippen MR) is 114 cm³/mol. The minimum Gasteiger partial charge on any atom is -0.481 e. The molecule has 0 radical (unpaired) electrons. The Balaban J connectivity index is 1.47. The van der Waals surface area contributed by atoms with Gasteiger partial charge in [0.05, 0.1) is 22.4 Å². The maximum absolute atomic E-state index is 11.3. The zero-order valence-electron chi connectivity index (χ0n) is 16.3. The molecule has 28 heavy (non-hydrogen) atoms. The number of piperazine rings is 1. The molecule has 6 nitrogen and oxygen atoms in total. The van der Waals surface area contributed by atoms with Crippen molar-refractivity contribution in [1.29, 1.82) is 0 Å². The van der Waals surface area contributed by atoms with Gasteiger partial charge in [0.2, 0.25) is 0 Å². The molecule has 148 valence electrons. The summed E-state index contributed by atoms with van der Waals surface area (Å²) < 4.78 is 0. The van der Waals surface area contributed by atoms with E-state index in [1.54, 1.807) is 25.2 Å². The number of aliphatic imine (C=N–C) groups is 1. The second-order valence-electron chi connectivity index (χ2n) is 8.01. The van der Waals surface area contributed by atoms with E-state index in [1.165, 1.54) is 0 Å². The fourth-order valence-electron chi connectivity index (χ4n) is 3.52. The van der Waals surface area contributed by atoms with Crippen molar-refractivity contribution in [3.8, 4) is 0 Å². The van der Waals surface area contributed by atoms with E-state index in [9.17, 15) is 9.90 Å². The van der Waals surface area contributed by atoms with Crippen molar-refractivity contribution in [3.63, 3.8) is 0 Å². The molecule has 1 saturated heterocycles. The Morgan fingerprint density at radius 2 is 1.96 bits per heavy atom. The first-order chi connectivity index (χ1) is 13.4. The van der Waals surface area contributed by atoms with E-state index in [1.807, 2.05) is 18.2 Å². The Labute approximate surface area is 169 Å². The van der Waals surface area contributed by atoms with Crippen LogP contribution in [0, 0.1) is 5.41 Å². The Kier molecular flexibility index (Phi) is 5.12. The lowest BCUT2D eigenvalue weighted by Crippen LogP contribution is -2.49. The van der Waals surface area contributed by atoms with Crippen LogP contribution in [0.5, 0.6) is 0 Å². The lowest BCUT2D eigenvalue weighted by Gasteiger charge is -2.37.